The van der Waals surface area contributed by atoms with E-state index in [1.165, 1.54) is 89.9 Å². The summed E-state index contributed by atoms with van der Waals surface area (Å²) in [6.45, 7) is 4.47. The highest BCUT2D eigenvalue weighted by Gasteiger charge is 2.03. The van der Waals surface area contributed by atoms with Gasteiger partial charge in [-0.15, -0.1) is 10.2 Å². The maximum atomic E-state index is 11.7. The van der Waals surface area contributed by atoms with Crippen LogP contribution in [0.5, 0.6) is 0 Å². The van der Waals surface area contributed by atoms with Crippen LogP contribution in [0.25, 0.3) is 0 Å². The molecule has 4 heteroatoms. The van der Waals surface area contributed by atoms with Gasteiger partial charge in [0.05, 0.1) is 0 Å². The molecule has 0 N–H and O–H groups in total. The van der Waals surface area contributed by atoms with Gasteiger partial charge in [0, 0.05) is 12.8 Å². The molecule has 0 aromatic carbocycles. The Balaban J connectivity index is 3.43. The first kappa shape index (κ1) is 26.9. The van der Waals surface area contributed by atoms with E-state index < -0.39 is 0 Å². The van der Waals surface area contributed by atoms with Crippen molar-refractivity contribution >= 4 is 11.8 Å². The number of hydrogen-bond acceptors (Lipinski definition) is 2. The fraction of sp³-hybridized carbons (Fsp3) is 0.917. The van der Waals surface area contributed by atoms with Crippen LogP contribution in [0.3, 0.4) is 0 Å². The normalized spacial score (nSPS) is 11.4. The van der Waals surface area contributed by atoms with E-state index in [-0.39, 0.29) is 11.8 Å². The molecule has 164 valence electrons. The van der Waals surface area contributed by atoms with Crippen molar-refractivity contribution in [2.75, 3.05) is 0 Å². The zero-order valence-electron chi connectivity index (χ0n) is 18.9. The maximum Gasteiger partial charge on any atom is 0.264 e. The zero-order chi connectivity index (χ0) is 20.7. The third-order valence-corrected chi connectivity index (χ3v) is 5.26. The van der Waals surface area contributed by atoms with Gasteiger partial charge < -0.3 is 0 Å². The van der Waals surface area contributed by atoms with Gasteiger partial charge in [0.1, 0.15) is 0 Å². The van der Waals surface area contributed by atoms with Crippen molar-refractivity contribution in [2.45, 2.75) is 142 Å². The van der Waals surface area contributed by atoms with E-state index in [1.54, 1.807) is 0 Å². The Labute approximate surface area is 174 Å². The Morgan fingerprint density at radius 2 is 0.679 bits per heavy atom. The van der Waals surface area contributed by atoms with Gasteiger partial charge in [-0.05, 0) is 12.8 Å². The third kappa shape index (κ3) is 21.2. The van der Waals surface area contributed by atoms with E-state index in [9.17, 15) is 9.59 Å². The summed E-state index contributed by atoms with van der Waals surface area (Å²) in [5.74, 6) is -0.494. The van der Waals surface area contributed by atoms with E-state index in [1.807, 2.05) is 0 Å². The number of carbonyl (C=O) groups excluding carboxylic acids is 2. The van der Waals surface area contributed by atoms with Crippen LogP contribution in [0.1, 0.15) is 142 Å². The lowest BCUT2D eigenvalue weighted by Gasteiger charge is -2.01. The summed E-state index contributed by atoms with van der Waals surface area (Å²) in [6.07, 6.45) is 22.9. The average molecular weight is 395 g/mol. The highest BCUT2D eigenvalue weighted by molar-refractivity contribution is 5.81. The first-order valence-corrected chi connectivity index (χ1v) is 12.2. The topological polar surface area (TPSA) is 58.9 Å². The van der Waals surface area contributed by atoms with Crippen LogP contribution in [0, 0.1) is 0 Å². The van der Waals surface area contributed by atoms with Crippen LogP contribution in [-0.4, -0.2) is 11.8 Å². The molecule has 0 aliphatic rings. The maximum absolute atomic E-state index is 11.7. The summed E-state index contributed by atoms with van der Waals surface area (Å²) in [5.41, 5.74) is 0. The van der Waals surface area contributed by atoms with Gasteiger partial charge >= 0.3 is 0 Å². The lowest BCUT2D eigenvalue weighted by atomic mass is 10.1. The van der Waals surface area contributed by atoms with Crippen molar-refractivity contribution in [3.63, 3.8) is 0 Å². The largest absolute Gasteiger partial charge is 0.271 e. The van der Waals surface area contributed by atoms with Crippen LogP contribution in [0.4, 0.5) is 0 Å². The molecule has 28 heavy (non-hydrogen) atoms. The Morgan fingerprint density at radius 1 is 0.429 bits per heavy atom. The van der Waals surface area contributed by atoms with Gasteiger partial charge in [-0.25, -0.2) is 0 Å². The van der Waals surface area contributed by atoms with Gasteiger partial charge in [0.25, 0.3) is 11.8 Å². The molecule has 0 aliphatic heterocycles. The molecule has 2 amide bonds. The number of unbranched alkanes of at least 4 members (excludes halogenated alkanes) is 16. The molecule has 0 bridgehead atoms. The number of hydrogen-bond donors (Lipinski definition) is 0. The Kier molecular flexibility index (Phi) is 21.4. The second-order valence-corrected chi connectivity index (χ2v) is 8.14. The second kappa shape index (κ2) is 22.2. The van der Waals surface area contributed by atoms with Crippen molar-refractivity contribution in [1.82, 2.24) is 0 Å². The number of nitrogens with zero attached hydrogens (tertiary/aromatic N) is 2. The Morgan fingerprint density at radius 3 is 0.964 bits per heavy atom. The standard InChI is InChI=1S/C24H46N2O2/c1-3-5-7-9-11-13-15-17-19-21-23(27)25-26-24(28)22-20-18-16-14-12-10-8-6-4-2/h3-22H2,1-2H3. The summed E-state index contributed by atoms with van der Waals surface area (Å²) in [7, 11) is 0. The molecule has 0 atom stereocenters. The van der Waals surface area contributed by atoms with Crippen LogP contribution < -0.4 is 0 Å². The molecule has 0 unspecified atom stereocenters. The molecule has 0 aliphatic carbocycles. The average Bonchev–Trinajstić information content (AvgIpc) is 2.69. The molecule has 0 aromatic rings. The highest BCUT2D eigenvalue weighted by Crippen LogP contribution is 2.12. The molecule has 0 spiro atoms. The predicted molar refractivity (Wildman–Crippen MR) is 119 cm³/mol. The fourth-order valence-corrected chi connectivity index (χ4v) is 3.39. The molecule has 0 saturated carbocycles. The summed E-state index contributed by atoms with van der Waals surface area (Å²) >= 11 is 0. The van der Waals surface area contributed by atoms with Crippen LogP contribution in [0.2, 0.25) is 0 Å². The van der Waals surface area contributed by atoms with Crippen LogP contribution in [-0.2, 0) is 9.59 Å². The smallest absolute Gasteiger partial charge is 0.264 e. The molecule has 0 heterocycles. The number of carbonyl (C=O) groups is 2. The van der Waals surface area contributed by atoms with Crippen molar-refractivity contribution in [1.29, 1.82) is 0 Å². The quantitative estimate of drug-likeness (QED) is 0.154. The third-order valence-electron chi connectivity index (χ3n) is 5.26. The predicted octanol–water partition coefficient (Wildman–Crippen LogP) is 8.33. The molecular formula is C24H46N2O2. The van der Waals surface area contributed by atoms with Crippen molar-refractivity contribution < 1.29 is 9.59 Å². The molecular weight excluding hydrogens is 348 g/mol. The minimum Gasteiger partial charge on any atom is -0.271 e. The van der Waals surface area contributed by atoms with Crippen LogP contribution >= 0.6 is 0 Å². The van der Waals surface area contributed by atoms with Crippen molar-refractivity contribution in [3.8, 4) is 0 Å². The first-order valence-electron chi connectivity index (χ1n) is 12.2. The van der Waals surface area contributed by atoms with Crippen LogP contribution in [0.15, 0.2) is 10.2 Å². The zero-order valence-corrected chi connectivity index (χ0v) is 18.9. The monoisotopic (exact) mass is 394 g/mol. The van der Waals surface area contributed by atoms with Gasteiger partial charge in [-0.1, -0.05) is 117 Å². The minimum absolute atomic E-state index is 0.247. The van der Waals surface area contributed by atoms with E-state index >= 15 is 0 Å². The van der Waals surface area contributed by atoms with E-state index in [2.05, 4.69) is 24.1 Å². The summed E-state index contributed by atoms with van der Waals surface area (Å²) in [6, 6.07) is 0. The minimum atomic E-state index is -0.247. The van der Waals surface area contributed by atoms with Gasteiger partial charge in [-0.2, -0.15) is 0 Å². The van der Waals surface area contributed by atoms with E-state index in [4.69, 9.17) is 0 Å². The number of azo groups is 1. The Bertz CT molecular complexity index is 358. The highest BCUT2D eigenvalue weighted by atomic mass is 16.2. The lowest BCUT2D eigenvalue weighted by Crippen LogP contribution is -1.96. The van der Waals surface area contributed by atoms with Gasteiger partial charge in [0.2, 0.25) is 0 Å². The summed E-state index contributed by atoms with van der Waals surface area (Å²) in [4.78, 5) is 23.3. The lowest BCUT2D eigenvalue weighted by molar-refractivity contribution is -0.122. The first-order chi connectivity index (χ1) is 13.7. The van der Waals surface area contributed by atoms with Crippen molar-refractivity contribution in [2.24, 2.45) is 10.2 Å². The van der Waals surface area contributed by atoms with Crippen molar-refractivity contribution in [3.05, 3.63) is 0 Å². The Hall–Kier alpha value is -1.06. The van der Waals surface area contributed by atoms with Gasteiger partial charge in [-0.3, -0.25) is 9.59 Å². The molecule has 0 radical (unpaired) electrons. The fourth-order valence-electron chi connectivity index (χ4n) is 3.39. The van der Waals surface area contributed by atoms with E-state index in [0.29, 0.717) is 12.8 Å². The summed E-state index contributed by atoms with van der Waals surface area (Å²) in [5, 5.41) is 7.17. The molecule has 0 saturated heterocycles. The van der Waals surface area contributed by atoms with E-state index in [0.717, 1.165) is 25.7 Å². The SMILES string of the molecule is CCCCCCCCCCCC(=O)N=NC(=O)CCCCCCCCCCC. The summed E-state index contributed by atoms with van der Waals surface area (Å²) < 4.78 is 0. The molecule has 0 fully saturated rings. The molecule has 0 rings (SSSR count). The molecule has 4 nitrogen and oxygen atoms in total. The number of rotatable bonds is 20. The van der Waals surface area contributed by atoms with Gasteiger partial charge in [0.15, 0.2) is 0 Å². The molecule has 0 aromatic heterocycles. The number of amides is 2. The second-order valence-electron chi connectivity index (χ2n) is 8.14.